The average Bonchev–Trinajstić information content (AvgIpc) is 1.54. The zero-order valence-electron chi connectivity index (χ0n) is 64.7. The van der Waals surface area contributed by atoms with Gasteiger partial charge in [0.2, 0.25) is 0 Å². The standard InChI is InChI=1S/C106H96N2O4/c1-7-13-25-77(11-5)73-109-91-61-43-81(44-62-91)105(83-47-65-95(66-48-83)111-93-57-35-75(9-3)36-58-93)101-33-23-21-31-97(101)99-69-55-89(71-103(99)105)107(85-27-17-15-18-28-85)87-51-39-79(40-52-87)80-41-53-88(54-42-80)108(86-29-19-16-20-30-86)90-56-70-100-98-32-22-24-34-102(98)106(104(100)72-90,82-45-63-92(64-46-82)110-74-78(12-6)26-14-8-2)84-49-67-96(68-50-84)112-94-59-37-76(10-4)38-60-94/h9-10,15-24,27-72,77-78H,3-4,7-8,11-14,25-26,73-74H2,1-2,5-6H3. The van der Waals surface area contributed by atoms with Crippen molar-refractivity contribution in [3.63, 3.8) is 0 Å². The normalized spacial score (nSPS) is 14.9. The van der Waals surface area contributed by atoms with E-state index in [0.717, 1.165) is 126 Å². The minimum atomic E-state index is -0.721. The average molecular weight is 1460 g/mol. The molecule has 112 heavy (non-hydrogen) atoms. The molecule has 0 bridgehead atoms. The van der Waals surface area contributed by atoms with Crippen LogP contribution in [-0.2, 0) is 10.8 Å². The molecule has 0 amide bonds. The summed E-state index contributed by atoms with van der Waals surface area (Å²) >= 11 is 0. The first-order valence-corrected chi connectivity index (χ1v) is 40.1. The molecule has 554 valence electrons. The first-order valence-electron chi connectivity index (χ1n) is 40.1. The first-order chi connectivity index (χ1) is 55.2. The molecular formula is C106H96N2O4. The van der Waals surface area contributed by atoms with Gasteiger partial charge >= 0.3 is 0 Å². The van der Waals surface area contributed by atoms with Crippen LogP contribution in [0.15, 0.2) is 353 Å². The maximum absolute atomic E-state index is 6.62. The summed E-state index contributed by atoms with van der Waals surface area (Å²) in [6.07, 6.45) is 13.0. The lowest BCUT2D eigenvalue weighted by molar-refractivity contribution is 0.233. The van der Waals surface area contributed by atoms with Gasteiger partial charge in [0, 0.05) is 34.1 Å². The largest absolute Gasteiger partial charge is 0.493 e. The highest BCUT2D eigenvalue weighted by Gasteiger charge is 2.48. The third-order valence-electron chi connectivity index (χ3n) is 23.1. The van der Waals surface area contributed by atoms with Crippen molar-refractivity contribution in [3.8, 4) is 67.9 Å². The van der Waals surface area contributed by atoms with Gasteiger partial charge in [-0.05, 0) is 259 Å². The SMILES string of the molecule is C=Cc1ccc(Oc2ccc(C3(c4ccc(OCC(CC)CCCC)cc4)c4ccccc4-c4ccc(N(c5ccccc5)c5ccc(-c6ccc(N(c7ccccc7)c7ccc8c(c7)C(c7ccc(OCC(CC)CCCC)cc7)(c7ccc(Oc9ccc(C=C)cc9)cc7)c7ccccc7-8)cc6)cc5)cc43)cc2)cc1. The lowest BCUT2D eigenvalue weighted by Gasteiger charge is -2.35. The molecule has 6 heteroatoms. The van der Waals surface area contributed by atoms with Gasteiger partial charge in [-0.25, -0.2) is 0 Å². The van der Waals surface area contributed by atoms with Crippen molar-refractivity contribution in [1.29, 1.82) is 0 Å². The van der Waals surface area contributed by atoms with Gasteiger partial charge in [0.1, 0.15) is 34.5 Å². The topological polar surface area (TPSA) is 43.4 Å². The van der Waals surface area contributed by atoms with E-state index in [-0.39, 0.29) is 0 Å². The Morgan fingerprint density at radius 3 is 0.920 bits per heavy atom. The van der Waals surface area contributed by atoms with E-state index in [2.05, 4.69) is 342 Å². The van der Waals surface area contributed by atoms with Gasteiger partial charge in [0.15, 0.2) is 0 Å². The number of anilines is 6. The van der Waals surface area contributed by atoms with Crippen LogP contribution in [0.2, 0.25) is 0 Å². The lowest BCUT2D eigenvalue weighted by atomic mass is 9.67. The lowest BCUT2D eigenvalue weighted by Crippen LogP contribution is -2.28. The van der Waals surface area contributed by atoms with E-state index in [0.29, 0.717) is 25.0 Å². The fourth-order valence-electron chi connectivity index (χ4n) is 17.0. The third kappa shape index (κ3) is 14.5. The Morgan fingerprint density at radius 2 is 0.589 bits per heavy atom. The summed E-state index contributed by atoms with van der Waals surface area (Å²) in [5.41, 5.74) is 23.4. The number of ether oxygens (including phenoxy) is 4. The van der Waals surface area contributed by atoms with Gasteiger partial charge < -0.3 is 28.7 Å². The van der Waals surface area contributed by atoms with Gasteiger partial charge in [-0.15, -0.1) is 0 Å². The molecule has 0 spiro atoms. The molecule has 0 heterocycles. The number of unbranched alkanes of at least 4 members (excludes halogenated alkanes) is 2. The van der Waals surface area contributed by atoms with Gasteiger partial charge in [-0.2, -0.15) is 0 Å². The second kappa shape index (κ2) is 33.3. The smallest absolute Gasteiger partial charge is 0.127 e. The van der Waals surface area contributed by atoms with E-state index in [1.807, 2.05) is 60.7 Å². The molecule has 6 nitrogen and oxygen atoms in total. The highest BCUT2D eigenvalue weighted by Crippen LogP contribution is 2.60. The van der Waals surface area contributed by atoms with Gasteiger partial charge in [0.25, 0.3) is 0 Å². The molecule has 4 unspecified atom stereocenters. The summed E-state index contributed by atoms with van der Waals surface area (Å²) in [6.45, 7) is 18.4. The molecule has 2 aliphatic rings. The van der Waals surface area contributed by atoms with Crippen LogP contribution in [0.5, 0.6) is 34.5 Å². The summed E-state index contributed by atoms with van der Waals surface area (Å²) in [5.74, 6) is 5.85. The molecule has 14 aromatic carbocycles. The molecule has 2 aliphatic carbocycles. The summed E-state index contributed by atoms with van der Waals surface area (Å²) in [7, 11) is 0. The van der Waals surface area contributed by atoms with Crippen LogP contribution in [0.3, 0.4) is 0 Å². The second-order valence-corrected chi connectivity index (χ2v) is 29.8. The van der Waals surface area contributed by atoms with E-state index >= 15 is 0 Å². The minimum Gasteiger partial charge on any atom is -0.493 e. The summed E-state index contributed by atoms with van der Waals surface area (Å²) in [6, 6.07) is 123. The molecular weight excluding hydrogens is 1370 g/mol. The highest BCUT2D eigenvalue weighted by atomic mass is 16.5. The number of rotatable bonds is 31. The Balaban J connectivity index is 0.750. The van der Waals surface area contributed by atoms with Crippen molar-refractivity contribution < 1.29 is 18.9 Å². The van der Waals surface area contributed by atoms with Crippen LogP contribution in [-0.4, -0.2) is 13.2 Å². The van der Waals surface area contributed by atoms with E-state index < -0.39 is 10.8 Å². The van der Waals surface area contributed by atoms with Crippen molar-refractivity contribution in [2.45, 2.75) is 89.9 Å². The first kappa shape index (κ1) is 73.5. The predicted octanol–water partition coefficient (Wildman–Crippen LogP) is 29.1. The molecule has 0 radical (unpaired) electrons. The number of fused-ring (bicyclic) bond motifs is 6. The van der Waals surface area contributed by atoms with Crippen molar-refractivity contribution >= 4 is 46.3 Å². The fraction of sp³-hybridized carbons (Fsp3) is 0.170. The van der Waals surface area contributed by atoms with Gasteiger partial charge in [0.05, 0.1) is 24.0 Å². The minimum absolute atomic E-state index is 0.514. The maximum Gasteiger partial charge on any atom is 0.127 e. The van der Waals surface area contributed by atoms with Crippen molar-refractivity contribution in [3.05, 3.63) is 409 Å². The summed E-state index contributed by atoms with van der Waals surface area (Å²) in [4.78, 5) is 4.79. The number of hydrogen-bond acceptors (Lipinski definition) is 6. The fourth-order valence-corrected chi connectivity index (χ4v) is 17.0. The molecule has 14 aromatic rings. The molecule has 0 aliphatic heterocycles. The molecule has 16 rings (SSSR count). The van der Waals surface area contributed by atoms with E-state index in [1.54, 1.807) is 0 Å². The molecule has 4 atom stereocenters. The Hall–Kier alpha value is -12.6. The summed E-state index contributed by atoms with van der Waals surface area (Å²) in [5, 5.41) is 0. The van der Waals surface area contributed by atoms with Crippen LogP contribution in [0, 0.1) is 11.8 Å². The predicted molar refractivity (Wildman–Crippen MR) is 467 cm³/mol. The van der Waals surface area contributed by atoms with Crippen LogP contribution >= 0.6 is 0 Å². The van der Waals surface area contributed by atoms with Crippen LogP contribution in [0.25, 0.3) is 45.5 Å². The molecule has 0 fully saturated rings. The second-order valence-electron chi connectivity index (χ2n) is 29.8. The van der Waals surface area contributed by atoms with Crippen molar-refractivity contribution in [2.24, 2.45) is 11.8 Å². The zero-order chi connectivity index (χ0) is 76.4. The van der Waals surface area contributed by atoms with E-state index in [1.165, 1.54) is 83.0 Å². The molecule has 0 aromatic heterocycles. The summed E-state index contributed by atoms with van der Waals surface area (Å²) < 4.78 is 26.3. The molecule has 0 N–H and O–H groups in total. The Kier molecular flexibility index (Phi) is 21.8. The Labute approximate surface area is 662 Å². The zero-order valence-corrected chi connectivity index (χ0v) is 64.7. The van der Waals surface area contributed by atoms with Crippen LogP contribution in [0.4, 0.5) is 34.1 Å². The van der Waals surface area contributed by atoms with Gasteiger partial charge in [-0.3, -0.25) is 0 Å². The Bertz CT molecular complexity index is 5180. The van der Waals surface area contributed by atoms with Crippen molar-refractivity contribution in [1.82, 2.24) is 0 Å². The third-order valence-corrected chi connectivity index (χ3v) is 23.1. The molecule has 0 saturated carbocycles. The van der Waals surface area contributed by atoms with Crippen LogP contribution < -0.4 is 28.7 Å². The Morgan fingerprint density at radius 1 is 0.295 bits per heavy atom. The number of hydrogen-bond donors (Lipinski definition) is 0. The van der Waals surface area contributed by atoms with Crippen LogP contribution in [0.1, 0.15) is 135 Å². The maximum atomic E-state index is 6.62. The van der Waals surface area contributed by atoms with Crippen molar-refractivity contribution in [2.75, 3.05) is 23.0 Å². The molecule has 0 saturated heterocycles. The number of para-hydroxylation sites is 2. The number of nitrogens with zero attached hydrogens (tertiary/aromatic N) is 2. The van der Waals surface area contributed by atoms with E-state index in [4.69, 9.17) is 18.9 Å². The van der Waals surface area contributed by atoms with Gasteiger partial charge in [-0.1, -0.05) is 286 Å². The highest BCUT2D eigenvalue weighted by molar-refractivity contribution is 5.92. The van der Waals surface area contributed by atoms with E-state index in [9.17, 15) is 0 Å². The number of benzene rings is 14. The quantitative estimate of drug-likeness (QED) is 0.0431. The monoisotopic (exact) mass is 1460 g/mol.